The zero-order valence-corrected chi connectivity index (χ0v) is 42.4. The van der Waals surface area contributed by atoms with Gasteiger partial charge in [0, 0.05) is 23.2 Å². The summed E-state index contributed by atoms with van der Waals surface area (Å²) in [4.78, 5) is 74.0. The lowest BCUT2D eigenvalue weighted by Crippen LogP contribution is -2.53. The number of carbonyl (C=O) groups excluding carboxylic acids is 4. The smallest absolute Gasteiger partial charge is 0.407 e. The molecular formula is C57H70N8O6. The number of aromatic nitrogens is 4. The molecule has 2 aromatic heterocycles. The van der Waals surface area contributed by atoms with Gasteiger partial charge in [0.05, 0.1) is 38.7 Å². The second-order valence-electron chi connectivity index (χ2n) is 21.3. The zero-order chi connectivity index (χ0) is 49.9. The van der Waals surface area contributed by atoms with Gasteiger partial charge in [-0.1, -0.05) is 96.4 Å². The number of amides is 4. The fourth-order valence-electron chi connectivity index (χ4n) is 12.2. The van der Waals surface area contributed by atoms with Crippen LogP contribution in [0.5, 0.6) is 0 Å². The molecule has 4 amide bonds. The molecule has 14 nitrogen and oxygen atoms in total. The number of carbonyl (C=O) groups is 4. The summed E-state index contributed by atoms with van der Waals surface area (Å²) >= 11 is 0. The summed E-state index contributed by atoms with van der Waals surface area (Å²) in [5.74, 6) is 15.8. The number of likely N-dealkylation sites (tertiary alicyclic amines) is 2. The van der Waals surface area contributed by atoms with Crippen molar-refractivity contribution in [3.05, 3.63) is 105 Å². The lowest BCUT2D eigenvalue weighted by molar-refractivity contribution is -0.139. The quantitative estimate of drug-likeness (QED) is 0.127. The largest absolute Gasteiger partial charge is 0.453 e. The molecule has 71 heavy (non-hydrogen) atoms. The van der Waals surface area contributed by atoms with Crippen molar-refractivity contribution in [1.82, 2.24) is 40.4 Å². The zero-order valence-electron chi connectivity index (χ0n) is 42.4. The van der Waals surface area contributed by atoms with Crippen LogP contribution in [0.2, 0.25) is 0 Å². The Bertz CT molecular complexity index is 2750. The number of rotatable bonds is 8. The third kappa shape index (κ3) is 10.6. The van der Waals surface area contributed by atoms with Crippen LogP contribution in [0.3, 0.4) is 0 Å². The maximum absolute atomic E-state index is 14.3. The van der Waals surface area contributed by atoms with E-state index in [1.54, 1.807) is 12.4 Å². The number of methoxy groups -OCH3 is 2. The summed E-state index contributed by atoms with van der Waals surface area (Å²) in [5.41, 5.74) is 8.12. The first-order valence-corrected chi connectivity index (χ1v) is 26.0. The van der Waals surface area contributed by atoms with Crippen molar-refractivity contribution in [1.29, 1.82) is 0 Å². The summed E-state index contributed by atoms with van der Waals surface area (Å²) < 4.78 is 9.79. The van der Waals surface area contributed by atoms with Gasteiger partial charge >= 0.3 is 12.2 Å². The molecule has 4 bridgehead atoms. The van der Waals surface area contributed by atoms with Crippen LogP contribution in [0.25, 0.3) is 0 Å². The number of hydrogen-bond donors (Lipinski definition) is 4. The lowest BCUT2D eigenvalue weighted by Gasteiger charge is -2.36. The van der Waals surface area contributed by atoms with Crippen LogP contribution in [-0.4, -0.2) is 92.1 Å². The van der Waals surface area contributed by atoms with E-state index < -0.39 is 24.3 Å². The van der Waals surface area contributed by atoms with Gasteiger partial charge in [-0.3, -0.25) is 9.59 Å². The van der Waals surface area contributed by atoms with Gasteiger partial charge in [-0.25, -0.2) is 19.6 Å². The number of H-pyrrole nitrogens is 2. The Morgan fingerprint density at radius 1 is 0.648 bits per heavy atom. The van der Waals surface area contributed by atoms with Gasteiger partial charge in [0.25, 0.3) is 0 Å². The summed E-state index contributed by atoms with van der Waals surface area (Å²) in [7, 11) is 2.64. The van der Waals surface area contributed by atoms with Crippen molar-refractivity contribution >= 4 is 24.0 Å². The minimum Gasteiger partial charge on any atom is -0.453 e. The number of alkyl carbamates (subject to hydrolysis) is 2. The molecule has 9 atom stereocenters. The Hall–Kier alpha value is -6.54. The van der Waals surface area contributed by atoms with Crippen LogP contribution in [0.1, 0.15) is 173 Å². The summed E-state index contributed by atoms with van der Waals surface area (Å²) in [5, 5.41) is 5.61. The van der Waals surface area contributed by atoms with E-state index in [1.165, 1.54) is 36.5 Å². The van der Waals surface area contributed by atoms with E-state index in [1.807, 2.05) is 37.5 Å². The summed E-state index contributed by atoms with van der Waals surface area (Å²) in [6, 6.07) is 11.7. The third-order valence-electron chi connectivity index (χ3n) is 16.0. The molecule has 2 saturated carbocycles. The highest BCUT2D eigenvalue weighted by Crippen LogP contribution is 2.47. The first-order chi connectivity index (χ1) is 34.3. The fourth-order valence-corrected chi connectivity index (χ4v) is 12.2. The minimum atomic E-state index is -0.704. The van der Waals surface area contributed by atoms with Crippen LogP contribution in [0, 0.1) is 47.4 Å². The molecule has 374 valence electrons. The van der Waals surface area contributed by atoms with Crippen LogP contribution in [0.4, 0.5) is 9.59 Å². The highest BCUT2D eigenvalue weighted by Gasteiger charge is 2.50. The Morgan fingerprint density at radius 3 is 1.65 bits per heavy atom. The molecule has 0 unspecified atom stereocenters. The van der Waals surface area contributed by atoms with Gasteiger partial charge in [0.15, 0.2) is 0 Å². The molecule has 4 heterocycles. The average molecular weight is 963 g/mol. The third-order valence-corrected chi connectivity index (χ3v) is 16.0. The molecule has 8 aliphatic rings. The lowest BCUT2D eigenvalue weighted by atomic mass is 9.84. The number of hydrogen-bond acceptors (Lipinski definition) is 8. The van der Waals surface area contributed by atoms with E-state index in [0.29, 0.717) is 23.2 Å². The number of ether oxygens (including phenoxy) is 2. The molecule has 2 saturated heterocycles. The standard InChI is InChI=1S/C57H70N8O6/c1-33(2)50(62-56(68)70-6)54(66)64-46-14-10-8-12-42(46)29-48(64)52-58-31-44(60-52)24-22-40-27-36-16-18-37-20-21-38(35(5)26-39(40)19-17-36)28-41(37)23-25-45-32-59-53(61-45)49-30-43-13-9-11-15-47(43)65(49)55(67)51(34(3)4)63-57(69)71-7/h17,19-21,27-28,31-35,42-43,46-51H,8-16,18,26,29-30H2,1-7H3,(H,58,60)(H,59,61)(H,62,68)(H,63,69)/t35-,42+,43+,46+,47+,48+,49+,50+,51+/m1/s1. The molecule has 14 heteroatoms. The van der Waals surface area contributed by atoms with Gasteiger partial charge in [-0.15, -0.1) is 0 Å². The van der Waals surface area contributed by atoms with Crippen LogP contribution in [-0.2, 0) is 38.3 Å². The molecule has 6 aliphatic carbocycles. The van der Waals surface area contributed by atoms with Crippen LogP contribution < -0.4 is 10.6 Å². The van der Waals surface area contributed by atoms with Crippen molar-refractivity contribution in [3.8, 4) is 23.7 Å². The SMILES string of the molecule is COC(=O)N[C@H](C(=O)N1[C@H](c2ncc(C#Cc3cc4ccc3CCc3ccc(c(C#Cc5cnc([C@@H]6C[C@@H]7CCCC[C@@H]7N6C(=O)[C@@H](NC(=O)OC)C(C)C)[nH]5)c3)C[C@H]4C)[nH]2)C[C@@H]2CCCC[C@@H]21)C(C)C. The maximum Gasteiger partial charge on any atom is 0.407 e. The maximum atomic E-state index is 14.3. The van der Waals surface area contributed by atoms with Gasteiger partial charge < -0.3 is 39.9 Å². The number of aromatic amines is 2. The molecular weight excluding hydrogens is 893 g/mol. The molecule has 0 radical (unpaired) electrons. The molecule has 4 fully saturated rings. The molecule has 2 aromatic carbocycles. The van der Waals surface area contributed by atoms with Crippen LogP contribution in [0.15, 0.2) is 48.8 Å². The van der Waals surface area contributed by atoms with E-state index in [-0.39, 0.29) is 53.7 Å². The predicted octanol–water partition coefficient (Wildman–Crippen LogP) is 8.80. The topological polar surface area (TPSA) is 175 Å². The van der Waals surface area contributed by atoms with Gasteiger partial charge in [0.2, 0.25) is 11.8 Å². The first-order valence-electron chi connectivity index (χ1n) is 26.0. The van der Waals surface area contributed by atoms with Gasteiger partial charge in [-0.2, -0.15) is 0 Å². The van der Waals surface area contributed by atoms with Crippen molar-refractivity contribution < 1.29 is 28.7 Å². The number of fused-ring (bicyclic) bond motifs is 2. The van der Waals surface area contributed by atoms with Gasteiger partial charge in [0.1, 0.15) is 35.1 Å². The van der Waals surface area contributed by atoms with Crippen molar-refractivity contribution in [2.45, 2.75) is 160 Å². The Labute approximate surface area is 418 Å². The molecule has 2 aliphatic heterocycles. The summed E-state index contributed by atoms with van der Waals surface area (Å²) in [6.07, 6.45) is 14.9. The number of nitrogens with one attached hydrogen (secondary N) is 4. The minimum absolute atomic E-state index is 0.0921. The normalized spacial score (nSPS) is 24.3. The summed E-state index contributed by atoms with van der Waals surface area (Å²) in [6.45, 7) is 10.0. The first kappa shape index (κ1) is 49.4. The van der Waals surface area contributed by atoms with Gasteiger partial charge in [-0.05, 0) is 134 Å². The number of benzene rings is 2. The fraction of sp³-hybridized carbons (Fsp3) is 0.544. The molecule has 4 aromatic rings. The van der Waals surface area contributed by atoms with E-state index >= 15 is 0 Å². The highest BCUT2D eigenvalue weighted by molar-refractivity contribution is 5.87. The predicted molar refractivity (Wildman–Crippen MR) is 270 cm³/mol. The van der Waals surface area contributed by atoms with E-state index in [4.69, 9.17) is 19.4 Å². The van der Waals surface area contributed by atoms with E-state index in [0.717, 1.165) is 106 Å². The Morgan fingerprint density at radius 2 is 1.14 bits per heavy atom. The second-order valence-corrected chi connectivity index (χ2v) is 21.3. The monoisotopic (exact) mass is 963 g/mol. The molecule has 0 spiro atoms. The Balaban J connectivity index is 0.923. The van der Waals surface area contributed by atoms with Crippen LogP contribution >= 0.6 is 0 Å². The molecule has 12 rings (SSSR count). The number of aryl methyl sites for hydroxylation is 2. The van der Waals surface area contributed by atoms with Crippen molar-refractivity contribution in [3.63, 3.8) is 0 Å². The number of nitrogens with zero attached hydrogens (tertiary/aromatic N) is 4. The van der Waals surface area contributed by atoms with Crippen molar-refractivity contribution in [2.75, 3.05) is 14.2 Å². The molecule has 4 N–H and O–H groups in total. The second kappa shape index (κ2) is 21.4. The van der Waals surface area contributed by atoms with E-state index in [9.17, 15) is 19.2 Å². The van der Waals surface area contributed by atoms with Crippen molar-refractivity contribution in [2.24, 2.45) is 23.7 Å². The van der Waals surface area contributed by atoms with E-state index in [2.05, 4.69) is 87.6 Å². The highest BCUT2D eigenvalue weighted by atomic mass is 16.5. The number of imidazole rings is 2. The Kier molecular flexibility index (Phi) is 14.9. The average Bonchev–Trinajstić information content (AvgIpc) is 4.20.